The van der Waals surface area contributed by atoms with Gasteiger partial charge in [0.25, 0.3) is 5.56 Å². The van der Waals surface area contributed by atoms with E-state index in [1.54, 1.807) is 25.5 Å². The lowest BCUT2D eigenvalue weighted by molar-refractivity contribution is -0.134. The summed E-state index contributed by atoms with van der Waals surface area (Å²) in [5, 5.41) is 10.7. The number of aromatic nitrogens is 2. The van der Waals surface area contributed by atoms with Crippen LogP contribution in [0.5, 0.6) is 0 Å². The summed E-state index contributed by atoms with van der Waals surface area (Å²) in [7, 11) is 3.18. The predicted molar refractivity (Wildman–Crippen MR) is 80.9 cm³/mol. The quantitative estimate of drug-likeness (QED) is 0.643. The highest BCUT2D eigenvalue weighted by atomic mass is 32.2. The van der Waals surface area contributed by atoms with Gasteiger partial charge in [-0.05, 0) is 11.4 Å². The van der Waals surface area contributed by atoms with Crippen molar-refractivity contribution in [3.05, 3.63) is 21.8 Å². The number of carboxylic acid groups (broad SMARTS) is 1. The normalized spacial score (nSPS) is 10.8. The lowest BCUT2D eigenvalue weighted by Gasteiger charge is -2.14. The van der Waals surface area contributed by atoms with E-state index in [0.29, 0.717) is 10.2 Å². The number of thiophene rings is 1. The molecule has 0 aliphatic heterocycles. The maximum absolute atomic E-state index is 12.4. The number of carbonyl (C=O) groups is 2. The zero-order chi connectivity index (χ0) is 15.6. The van der Waals surface area contributed by atoms with Gasteiger partial charge in [0.1, 0.15) is 11.2 Å². The molecule has 9 heteroatoms. The largest absolute Gasteiger partial charge is 0.481 e. The second kappa shape index (κ2) is 6.27. The van der Waals surface area contributed by atoms with Gasteiger partial charge in [-0.25, -0.2) is 4.98 Å². The maximum Gasteiger partial charge on any atom is 0.313 e. The molecule has 0 saturated carbocycles. The van der Waals surface area contributed by atoms with Crippen LogP contribution in [-0.2, 0) is 16.1 Å². The molecule has 0 bridgehead atoms. The van der Waals surface area contributed by atoms with E-state index in [4.69, 9.17) is 5.11 Å². The molecule has 0 aliphatic rings. The SMILES string of the molecule is CN(C)C(=O)Cn1c(SCC(=O)O)nc2ccsc2c1=O. The first-order valence-electron chi connectivity index (χ1n) is 5.93. The lowest BCUT2D eigenvalue weighted by atomic mass is 10.4. The number of thioether (sulfide) groups is 1. The highest BCUT2D eigenvalue weighted by Gasteiger charge is 2.16. The van der Waals surface area contributed by atoms with Gasteiger partial charge in [0.2, 0.25) is 5.91 Å². The highest BCUT2D eigenvalue weighted by molar-refractivity contribution is 7.99. The van der Waals surface area contributed by atoms with Gasteiger partial charge >= 0.3 is 5.97 Å². The molecule has 0 unspecified atom stereocenters. The molecule has 0 fully saturated rings. The van der Waals surface area contributed by atoms with Crippen LogP contribution in [0.1, 0.15) is 0 Å². The number of hydrogen-bond donors (Lipinski definition) is 1. The van der Waals surface area contributed by atoms with E-state index in [0.717, 1.165) is 11.8 Å². The highest BCUT2D eigenvalue weighted by Crippen LogP contribution is 2.20. The second-order valence-electron chi connectivity index (χ2n) is 4.39. The number of hydrogen-bond acceptors (Lipinski definition) is 6. The second-order valence-corrected chi connectivity index (χ2v) is 6.25. The van der Waals surface area contributed by atoms with Gasteiger partial charge in [-0.1, -0.05) is 11.8 Å². The first-order valence-corrected chi connectivity index (χ1v) is 7.79. The Hall–Kier alpha value is -1.87. The zero-order valence-electron chi connectivity index (χ0n) is 11.4. The summed E-state index contributed by atoms with van der Waals surface area (Å²) in [4.78, 5) is 40.6. The van der Waals surface area contributed by atoms with Crippen molar-refractivity contribution in [1.82, 2.24) is 14.5 Å². The van der Waals surface area contributed by atoms with E-state index in [1.807, 2.05) is 0 Å². The van der Waals surface area contributed by atoms with E-state index < -0.39 is 5.97 Å². The number of fused-ring (bicyclic) bond motifs is 1. The number of amides is 1. The van der Waals surface area contributed by atoms with Crippen molar-refractivity contribution in [1.29, 1.82) is 0 Å². The Labute approximate surface area is 128 Å². The Kier molecular flexibility index (Phi) is 4.63. The fourth-order valence-electron chi connectivity index (χ4n) is 1.58. The van der Waals surface area contributed by atoms with Crippen LogP contribution >= 0.6 is 23.1 Å². The molecule has 7 nitrogen and oxygen atoms in total. The summed E-state index contributed by atoms with van der Waals surface area (Å²) in [6.07, 6.45) is 0. The van der Waals surface area contributed by atoms with E-state index >= 15 is 0 Å². The van der Waals surface area contributed by atoms with Crippen LogP contribution in [0.2, 0.25) is 0 Å². The smallest absolute Gasteiger partial charge is 0.313 e. The van der Waals surface area contributed by atoms with Crippen molar-refractivity contribution in [2.24, 2.45) is 0 Å². The molecule has 0 saturated heterocycles. The molecule has 0 aliphatic carbocycles. The molecule has 1 N–H and O–H groups in total. The van der Waals surface area contributed by atoms with Gasteiger partial charge in [0, 0.05) is 14.1 Å². The van der Waals surface area contributed by atoms with Gasteiger partial charge < -0.3 is 10.0 Å². The van der Waals surface area contributed by atoms with Crippen LogP contribution in [0, 0.1) is 0 Å². The molecule has 2 heterocycles. The third-order valence-corrected chi connectivity index (χ3v) is 4.50. The number of nitrogens with zero attached hydrogens (tertiary/aromatic N) is 3. The molecule has 21 heavy (non-hydrogen) atoms. The van der Waals surface area contributed by atoms with Crippen molar-refractivity contribution in [2.45, 2.75) is 11.7 Å². The van der Waals surface area contributed by atoms with Crippen LogP contribution in [0.25, 0.3) is 10.2 Å². The lowest BCUT2D eigenvalue weighted by Crippen LogP contribution is -2.32. The number of carbonyl (C=O) groups excluding carboxylic acids is 1. The third kappa shape index (κ3) is 3.42. The first-order chi connectivity index (χ1) is 9.90. The monoisotopic (exact) mass is 327 g/mol. The summed E-state index contributed by atoms with van der Waals surface area (Å²) < 4.78 is 1.69. The minimum Gasteiger partial charge on any atom is -0.481 e. The fraction of sp³-hybridized carbons (Fsp3) is 0.333. The van der Waals surface area contributed by atoms with Gasteiger partial charge in [0.15, 0.2) is 5.16 Å². The van der Waals surface area contributed by atoms with Crippen LogP contribution in [0.15, 0.2) is 21.4 Å². The molecule has 2 aromatic heterocycles. The minimum absolute atomic E-state index is 0.158. The van der Waals surface area contributed by atoms with Crippen molar-refractivity contribution in [3.63, 3.8) is 0 Å². The van der Waals surface area contributed by atoms with Crippen LogP contribution < -0.4 is 5.56 Å². The summed E-state index contributed by atoms with van der Waals surface area (Å²) in [6.45, 7) is -0.158. The summed E-state index contributed by atoms with van der Waals surface area (Å²) >= 11 is 2.18. The molecule has 0 radical (unpaired) electrons. The van der Waals surface area contributed by atoms with Gasteiger partial charge in [-0.15, -0.1) is 11.3 Å². The Balaban J connectivity index is 2.49. The summed E-state index contributed by atoms with van der Waals surface area (Å²) in [6, 6.07) is 1.70. The number of carboxylic acids is 1. The molecule has 1 amide bonds. The van der Waals surface area contributed by atoms with E-state index in [1.165, 1.54) is 20.8 Å². The topological polar surface area (TPSA) is 92.5 Å². The molecule has 2 rings (SSSR count). The Morgan fingerprint density at radius 3 is 2.81 bits per heavy atom. The van der Waals surface area contributed by atoms with Crippen molar-refractivity contribution in [3.8, 4) is 0 Å². The number of rotatable bonds is 5. The van der Waals surface area contributed by atoms with Crippen molar-refractivity contribution < 1.29 is 14.7 Å². The number of aliphatic carboxylic acids is 1. The van der Waals surface area contributed by atoms with Crippen molar-refractivity contribution in [2.75, 3.05) is 19.8 Å². The predicted octanol–water partition coefficient (Wildman–Crippen LogP) is 0.723. The number of likely N-dealkylation sites (N-methyl/N-ethyl adjacent to an activating group) is 1. The van der Waals surface area contributed by atoms with E-state index in [9.17, 15) is 14.4 Å². The van der Waals surface area contributed by atoms with Gasteiger partial charge in [0.05, 0.1) is 11.3 Å². The Morgan fingerprint density at radius 2 is 2.19 bits per heavy atom. The average Bonchev–Trinajstić information content (AvgIpc) is 2.88. The first kappa shape index (κ1) is 15.5. The molecule has 112 valence electrons. The Bertz CT molecular complexity index is 751. The molecular formula is C12H13N3O4S2. The molecule has 0 aromatic carbocycles. The molecule has 2 aromatic rings. The van der Waals surface area contributed by atoms with Crippen LogP contribution in [0.4, 0.5) is 0 Å². The van der Waals surface area contributed by atoms with E-state index in [2.05, 4.69) is 4.98 Å². The van der Waals surface area contributed by atoms with Gasteiger partial charge in [-0.2, -0.15) is 0 Å². The van der Waals surface area contributed by atoms with E-state index in [-0.39, 0.29) is 28.9 Å². The average molecular weight is 327 g/mol. The van der Waals surface area contributed by atoms with Crippen LogP contribution in [0.3, 0.4) is 0 Å². The molecular weight excluding hydrogens is 314 g/mol. The molecule has 0 spiro atoms. The fourth-order valence-corrected chi connectivity index (χ4v) is 3.07. The maximum atomic E-state index is 12.4. The third-order valence-electron chi connectivity index (χ3n) is 2.65. The summed E-state index contributed by atoms with van der Waals surface area (Å²) in [5.41, 5.74) is 0.199. The van der Waals surface area contributed by atoms with Gasteiger partial charge in [-0.3, -0.25) is 19.0 Å². The standard InChI is InChI=1S/C12H13N3O4S2/c1-14(2)8(16)5-15-11(19)10-7(3-4-20-10)13-12(15)21-6-9(17)18/h3-4H,5-6H2,1-2H3,(H,17,18). The minimum atomic E-state index is -1.01. The Morgan fingerprint density at radius 1 is 1.48 bits per heavy atom. The summed E-state index contributed by atoms with van der Waals surface area (Å²) in [5.74, 6) is -1.49. The van der Waals surface area contributed by atoms with Crippen LogP contribution in [-0.4, -0.2) is 51.3 Å². The zero-order valence-corrected chi connectivity index (χ0v) is 13.0. The van der Waals surface area contributed by atoms with Crippen molar-refractivity contribution >= 4 is 45.2 Å². The molecule has 0 atom stereocenters.